The van der Waals surface area contributed by atoms with E-state index in [1.54, 1.807) is 0 Å². The summed E-state index contributed by atoms with van der Waals surface area (Å²) in [7, 11) is 0. The van der Waals surface area contributed by atoms with Gasteiger partial charge in [0, 0.05) is 4.91 Å². The Kier molecular flexibility index (Phi) is 2.49. The fraction of sp³-hybridized carbons (Fsp3) is 0.800. The number of carbonyl (C=O) groups is 1. The summed E-state index contributed by atoms with van der Waals surface area (Å²) < 4.78 is 4.48. The van der Waals surface area contributed by atoms with Gasteiger partial charge in [-0.2, -0.15) is 0 Å². The average Bonchev–Trinajstić information content (AvgIpc) is 2.32. The third kappa shape index (κ3) is 1.33. The fourth-order valence-electron chi connectivity index (χ4n) is 0.948. The highest BCUT2D eigenvalue weighted by molar-refractivity contribution is 5.79. The summed E-state index contributed by atoms with van der Waals surface area (Å²) in [4.78, 5) is 13.2. The first kappa shape index (κ1) is 8.79. The van der Waals surface area contributed by atoms with E-state index < -0.39 is 30.8 Å². The average molecular weight is 173 g/mol. The lowest BCUT2D eigenvalue weighted by atomic mass is 10.1. The zero-order chi connectivity index (χ0) is 9.14. The first-order valence-electron chi connectivity index (χ1n) is 3.24. The molecular formula is C5H7N3O4. The van der Waals surface area contributed by atoms with Gasteiger partial charge in [0.05, 0.1) is 6.61 Å². The van der Waals surface area contributed by atoms with Gasteiger partial charge in [-0.25, -0.2) is 0 Å². The largest absolute Gasteiger partial charge is 0.457 e. The van der Waals surface area contributed by atoms with Crippen molar-refractivity contribution in [3.63, 3.8) is 0 Å². The predicted molar refractivity (Wildman–Crippen MR) is 35.9 cm³/mol. The minimum atomic E-state index is -1.25. The van der Waals surface area contributed by atoms with E-state index in [0.29, 0.717) is 0 Å². The molecule has 7 heteroatoms. The normalized spacial score (nSPS) is 34.2. The van der Waals surface area contributed by atoms with E-state index in [1.807, 2.05) is 0 Å². The molecule has 0 aromatic carbocycles. The molecule has 2 N–H and O–H groups in total. The standard InChI is InChI=1S/C5H7N3O4/c6-8-7-3-4(10)2(1-9)12-5(3)11/h2-4,9-10H,1H2. The molecule has 0 spiro atoms. The maximum absolute atomic E-state index is 10.8. The van der Waals surface area contributed by atoms with Crippen LogP contribution in [-0.2, 0) is 9.53 Å². The van der Waals surface area contributed by atoms with Crippen molar-refractivity contribution < 1.29 is 19.7 Å². The van der Waals surface area contributed by atoms with Gasteiger partial charge in [-0.3, -0.25) is 4.79 Å². The molecule has 0 bridgehead atoms. The van der Waals surface area contributed by atoms with Crippen LogP contribution in [0, 0.1) is 0 Å². The molecule has 1 saturated heterocycles. The summed E-state index contributed by atoms with van der Waals surface area (Å²) in [5.41, 5.74) is 8.00. The van der Waals surface area contributed by atoms with Crippen molar-refractivity contribution in [2.45, 2.75) is 18.2 Å². The Morgan fingerprint density at radius 3 is 2.83 bits per heavy atom. The highest BCUT2D eigenvalue weighted by Gasteiger charge is 2.42. The van der Waals surface area contributed by atoms with E-state index in [1.165, 1.54) is 0 Å². The SMILES string of the molecule is [N-]=[N+]=NC1C(=O)OC(CO)C1O. The predicted octanol–water partition coefficient (Wildman–Crippen LogP) is -1.06. The second kappa shape index (κ2) is 3.40. The first-order valence-corrected chi connectivity index (χ1v) is 3.24. The Bertz CT molecular complexity index is 237. The summed E-state index contributed by atoms with van der Waals surface area (Å²) in [6.45, 7) is -0.482. The number of cyclic esters (lactones) is 1. The van der Waals surface area contributed by atoms with Crippen LogP contribution < -0.4 is 0 Å². The third-order valence-electron chi connectivity index (χ3n) is 1.57. The van der Waals surface area contributed by atoms with E-state index in [4.69, 9.17) is 10.6 Å². The zero-order valence-corrected chi connectivity index (χ0v) is 5.99. The molecule has 3 unspecified atom stereocenters. The van der Waals surface area contributed by atoms with Crippen molar-refractivity contribution in [2.24, 2.45) is 5.11 Å². The van der Waals surface area contributed by atoms with Gasteiger partial charge in [-0.1, -0.05) is 5.11 Å². The number of aliphatic hydroxyl groups is 2. The maximum Gasteiger partial charge on any atom is 0.318 e. The highest BCUT2D eigenvalue weighted by Crippen LogP contribution is 2.18. The van der Waals surface area contributed by atoms with Crippen LogP contribution in [0.4, 0.5) is 0 Å². The van der Waals surface area contributed by atoms with Crippen LogP contribution in [0.2, 0.25) is 0 Å². The molecule has 0 amide bonds. The Labute approximate surface area is 67.2 Å². The Balaban J connectivity index is 2.76. The van der Waals surface area contributed by atoms with E-state index >= 15 is 0 Å². The van der Waals surface area contributed by atoms with Crippen molar-refractivity contribution in [1.29, 1.82) is 0 Å². The number of hydrogen-bond acceptors (Lipinski definition) is 5. The number of nitrogens with zero attached hydrogens (tertiary/aromatic N) is 3. The maximum atomic E-state index is 10.8. The quantitative estimate of drug-likeness (QED) is 0.239. The number of azide groups is 1. The summed E-state index contributed by atoms with van der Waals surface area (Å²) in [5, 5.41) is 20.8. The van der Waals surface area contributed by atoms with Gasteiger partial charge in [-0.15, -0.1) is 0 Å². The lowest BCUT2D eigenvalue weighted by Crippen LogP contribution is -2.31. The minimum absolute atomic E-state index is 0.482. The molecule has 1 heterocycles. The minimum Gasteiger partial charge on any atom is -0.457 e. The molecule has 1 rings (SSSR count). The molecule has 1 fully saturated rings. The van der Waals surface area contributed by atoms with Crippen LogP contribution in [0.15, 0.2) is 5.11 Å². The topological polar surface area (TPSA) is 116 Å². The second-order valence-electron chi connectivity index (χ2n) is 2.30. The van der Waals surface area contributed by atoms with Gasteiger partial charge in [0.15, 0.2) is 12.1 Å². The molecule has 66 valence electrons. The molecule has 0 aromatic rings. The summed E-state index contributed by atoms with van der Waals surface area (Å²) in [6, 6.07) is -1.23. The lowest BCUT2D eigenvalue weighted by molar-refractivity contribution is -0.143. The van der Waals surface area contributed by atoms with E-state index in [0.717, 1.165) is 0 Å². The summed E-state index contributed by atoms with van der Waals surface area (Å²) in [5.74, 6) is -0.806. The van der Waals surface area contributed by atoms with Crippen LogP contribution >= 0.6 is 0 Å². The van der Waals surface area contributed by atoms with Gasteiger partial charge in [0.1, 0.15) is 6.10 Å². The molecule has 7 nitrogen and oxygen atoms in total. The van der Waals surface area contributed by atoms with Crippen molar-refractivity contribution in [2.75, 3.05) is 6.61 Å². The number of ether oxygens (including phenoxy) is 1. The molecule has 0 aromatic heterocycles. The number of hydrogen-bond donors (Lipinski definition) is 2. The molecule has 1 aliphatic heterocycles. The van der Waals surface area contributed by atoms with Crippen molar-refractivity contribution in [3.8, 4) is 0 Å². The molecule has 0 radical (unpaired) electrons. The van der Waals surface area contributed by atoms with Gasteiger partial charge < -0.3 is 14.9 Å². The van der Waals surface area contributed by atoms with Crippen molar-refractivity contribution >= 4 is 5.97 Å². The smallest absolute Gasteiger partial charge is 0.318 e. The van der Waals surface area contributed by atoms with Gasteiger partial charge in [0.25, 0.3) is 0 Å². The monoisotopic (exact) mass is 173 g/mol. The number of rotatable bonds is 2. The van der Waals surface area contributed by atoms with Crippen LogP contribution in [0.3, 0.4) is 0 Å². The second-order valence-corrected chi connectivity index (χ2v) is 2.30. The Morgan fingerprint density at radius 2 is 2.42 bits per heavy atom. The Hall–Kier alpha value is -1.30. The molecular weight excluding hydrogens is 166 g/mol. The molecule has 0 aliphatic carbocycles. The van der Waals surface area contributed by atoms with Crippen LogP contribution in [0.5, 0.6) is 0 Å². The molecule has 12 heavy (non-hydrogen) atoms. The number of carbonyl (C=O) groups excluding carboxylic acids is 1. The van der Waals surface area contributed by atoms with Crippen LogP contribution in [0.1, 0.15) is 0 Å². The zero-order valence-electron chi connectivity index (χ0n) is 5.99. The Morgan fingerprint density at radius 1 is 1.75 bits per heavy atom. The van der Waals surface area contributed by atoms with E-state index in [-0.39, 0.29) is 0 Å². The van der Waals surface area contributed by atoms with Gasteiger partial charge >= 0.3 is 5.97 Å². The number of aliphatic hydroxyl groups excluding tert-OH is 2. The van der Waals surface area contributed by atoms with Crippen molar-refractivity contribution in [1.82, 2.24) is 0 Å². The van der Waals surface area contributed by atoms with E-state index in [2.05, 4.69) is 14.8 Å². The molecule has 0 saturated carbocycles. The van der Waals surface area contributed by atoms with E-state index in [9.17, 15) is 9.90 Å². The molecule has 3 atom stereocenters. The lowest BCUT2D eigenvalue weighted by Gasteiger charge is -2.08. The fourth-order valence-corrected chi connectivity index (χ4v) is 0.948. The van der Waals surface area contributed by atoms with Gasteiger partial charge in [-0.05, 0) is 5.53 Å². The van der Waals surface area contributed by atoms with Crippen LogP contribution in [0.25, 0.3) is 10.4 Å². The van der Waals surface area contributed by atoms with Crippen molar-refractivity contribution in [3.05, 3.63) is 10.4 Å². The first-order chi connectivity index (χ1) is 5.70. The number of esters is 1. The van der Waals surface area contributed by atoms with Crippen LogP contribution in [-0.4, -0.2) is 41.0 Å². The summed E-state index contributed by atoms with van der Waals surface area (Å²) >= 11 is 0. The summed E-state index contributed by atoms with van der Waals surface area (Å²) in [6.07, 6.45) is -2.23. The van der Waals surface area contributed by atoms with Gasteiger partial charge in [0.2, 0.25) is 0 Å². The molecule has 1 aliphatic rings. The highest BCUT2D eigenvalue weighted by atomic mass is 16.6. The third-order valence-corrected chi connectivity index (χ3v) is 1.57.